The van der Waals surface area contributed by atoms with E-state index < -0.39 is 5.91 Å². The van der Waals surface area contributed by atoms with Gasteiger partial charge >= 0.3 is 0 Å². The molecule has 1 heterocycles. The normalized spacial score (nSPS) is 10.4. The number of hydrogen-bond donors (Lipinski definition) is 3. The number of aromatic nitrogens is 2. The number of benzene rings is 2. The number of aromatic amines is 1. The van der Waals surface area contributed by atoms with Gasteiger partial charge in [0.1, 0.15) is 0 Å². The molecule has 3 aromatic rings. The summed E-state index contributed by atoms with van der Waals surface area (Å²) in [7, 11) is 0. The number of nitrogens with one attached hydrogen (secondary N) is 3. The second-order valence-electron chi connectivity index (χ2n) is 4.84. The average molecular weight is 294 g/mol. The molecule has 110 valence electrons. The van der Waals surface area contributed by atoms with Crippen LogP contribution in [0.25, 0.3) is 10.9 Å². The van der Waals surface area contributed by atoms with Gasteiger partial charge in [-0.15, -0.1) is 0 Å². The molecule has 0 aliphatic carbocycles. The smallest absolute Gasteiger partial charge is 0.277 e. The van der Waals surface area contributed by atoms with Gasteiger partial charge in [-0.05, 0) is 24.6 Å². The molecule has 6 nitrogen and oxygen atoms in total. The van der Waals surface area contributed by atoms with Gasteiger partial charge in [0.25, 0.3) is 11.8 Å². The molecular formula is C16H14N4O2. The highest BCUT2D eigenvalue weighted by atomic mass is 16.2. The molecule has 2 amide bonds. The summed E-state index contributed by atoms with van der Waals surface area (Å²) < 4.78 is 0. The van der Waals surface area contributed by atoms with E-state index in [0.717, 1.165) is 11.1 Å². The maximum absolute atomic E-state index is 12.1. The van der Waals surface area contributed by atoms with Crippen LogP contribution in [0.4, 0.5) is 0 Å². The molecule has 0 atom stereocenters. The predicted molar refractivity (Wildman–Crippen MR) is 82.2 cm³/mol. The van der Waals surface area contributed by atoms with Crippen LogP contribution in [0.15, 0.2) is 48.5 Å². The maximum Gasteiger partial charge on any atom is 0.290 e. The molecule has 0 fully saturated rings. The first-order valence-electron chi connectivity index (χ1n) is 6.76. The number of carbonyl (C=O) groups excluding carboxylic acids is 2. The van der Waals surface area contributed by atoms with Crippen molar-refractivity contribution in [2.24, 2.45) is 0 Å². The van der Waals surface area contributed by atoms with Crippen LogP contribution in [0, 0.1) is 6.92 Å². The Morgan fingerprint density at radius 2 is 1.64 bits per heavy atom. The Balaban J connectivity index is 1.73. The number of hydrazine groups is 1. The highest BCUT2D eigenvalue weighted by molar-refractivity contribution is 6.06. The number of fused-ring (bicyclic) bond motifs is 1. The van der Waals surface area contributed by atoms with Crippen molar-refractivity contribution in [1.82, 2.24) is 21.0 Å². The van der Waals surface area contributed by atoms with E-state index in [1.165, 1.54) is 0 Å². The highest BCUT2D eigenvalue weighted by Gasteiger charge is 2.15. The lowest BCUT2D eigenvalue weighted by atomic mass is 10.1. The Labute approximate surface area is 126 Å². The first kappa shape index (κ1) is 13.8. The predicted octanol–water partition coefficient (Wildman–Crippen LogP) is 1.95. The molecule has 0 saturated heterocycles. The van der Waals surface area contributed by atoms with E-state index in [0.29, 0.717) is 10.9 Å². The number of para-hydroxylation sites is 1. The largest absolute Gasteiger partial charge is 0.290 e. The lowest BCUT2D eigenvalue weighted by Crippen LogP contribution is -2.42. The number of nitrogens with zero attached hydrogens (tertiary/aromatic N) is 1. The zero-order valence-electron chi connectivity index (χ0n) is 11.9. The first-order valence-corrected chi connectivity index (χ1v) is 6.76. The van der Waals surface area contributed by atoms with Crippen molar-refractivity contribution in [3.8, 4) is 0 Å². The van der Waals surface area contributed by atoms with Crippen molar-refractivity contribution in [2.75, 3.05) is 0 Å². The molecule has 0 saturated carbocycles. The van der Waals surface area contributed by atoms with Crippen molar-refractivity contribution in [2.45, 2.75) is 6.92 Å². The Hall–Kier alpha value is -3.15. The van der Waals surface area contributed by atoms with Crippen LogP contribution in [0.5, 0.6) is 0 Å². The van der Waals surface area contributed by atoms with Crippen molar-refractivity contribution >= 4 is 22.7 Å². The molecule has 0 unspecified atom stereocenters. The van der Waals surface area contributed by atoms with Crippen molar-refractivity contribution < 1.29 is 9.59 Å². The molecule has 1 aromatic heterocycles. The lowest BCUT2D eigenvalue weighted by Gasteiger charge is -2.08. The molecule has 0 spiro atoms. The summed E-state index contributed by atoms with van der Waals surface area (Å²) in [5.41, 5.74) is 7.12. The second-order valence-corrected chi connectivity index (χ2v) is 4.84. The van der Waals surface area contributed by atoms with Crippen LogP contribution in [0.1, 0.15) is 26.4 Å². The monoisotopic (exact) mass is 294 g/mol. The van der Waals surface area contributed by atoms with Gasteiger partial charge in [-0.25, -0.2) is 0 Å². The third-order valence-corrected chi connectivity index (χ3v) is 3.36. The van der Waals surface area contributed by atoms with Gasteiger partial charge in [-0.1, -0.05) is 36.4 Å². The summed E-state index contributed by atoms with van der Waals surface area (Å²) in [6, 6.07) is 14.4. The topological polar surface area (TPSA) is 86.9 Å². The van der Waals surface area contributed by atoms with E-state index in [1.54, 1.807) is 18.2 Å². The van der Waals surface area contributed by atoms with Crippen LogP contribution < -0.4 is 10.9 Å². The molecule has 3 N–H and O–H groups in total. The number of carbonyl (C=O) groups is 2. The van der Waals surface area contributed by atoms with Gasteiger partial charge < -0.3 is 0 Å². The Kier molecular flexibility index (Phi) is 3.57. The molecular weight excluding hydrogens is 280 g/mol. The average Bonchev–Trinajstić information content (AvgIpc) is 2.97. The van der Waals surface area contributed by atoms with E-state index in [-0.39, 0.29) is 11.6 Å². The second kappa shape index (κ2) is 5.69. The fraction of sp³-hybridized carbons (Fsp3) is 0.0625. The fourth-order valence-corrected chi connectivity index (χ4v) is 2.20. The number of rotatable bonds is 2. The zero-order valence-corrected chi connectivity index (χ0v) is 11.9. The van der Waals surface area contributed by atoms with E-state index in [1.807, 2.05) is 37.3 Å². The van der Waals surface area contributed by atoms with Gasteiger partial charge in [0.05, 0.1) is 5.52 Å². The molecule has 3 rings (SSSR count). The standard InChI is InChI=1S/C16H14N4O2/c1-10-6-2-3-7-11(10)15(21)19-20-16(22)14-12-8-4-5-9-13(12)17-18-14/h2-9H,1H3,(H,17,18)(H,19,21)(H,20,22). The summed E-state index contributed by atoms with van der Waals surface area (Å²) in [5.74, 6) is -0.842. The SMILES string of the molecule is Cc1ccccc1C(=O)NNC(=O)c1n[nH]c2ccccc12. The third-order valence-electron chi connectivity index (χ3n) is 3.36. The van der Waals surface area contributed by atoms with Gasteiger partial charge in [0, 0.05) is 10.9 Å². The molecule has 0 bridgehead atoms. The minimum Gasteiger partial charge on any atom is -0.277 e. The van der Waals surface area contributed by atoms with E-state index >= 15 is 0 Å². The Morgan fingerprint density at radius 3 is 2.45 bits per heavy atom. The number of hydrogen-bond acceptors (Lipinski definition) is 3. The highest BCUT2D eigenvalue weighted by Crippen LogP contribution is 2.14. The summed E-state index contributed by atoms with van der Waals surface area (Å²) in [5, 5.41) is 7.45. The first-order chi connectivity index (χ1) is 10.7. The molecule has 2 aromatic carbocycles. The van der Waals surface area contributed by atoms with Crippen molar-refractivity contribution in [3.63, 3.8) is 0 Å². The Bertz CT molecular complexity index is 854. The summed E-state index contributed by atoms with van der Waals surface area (Å²) >= 11 is 0. The lowest BCUT2D eigenvalue weighted by molar-refractivity contribution is 0.0844. The zero-order chi connectivity index (χ0) is 15.5. The Morgan fingerprint density at radius 1 is 0.955 bits per heavy atom. The fourth-order valence-electron chi connectivity index (χ4n) is 2.20. The van der Waals surface area contributed by atoms with Crippen LogP contribution >= 0.6 is 0 Å². The minimum absolute atomic E-state index is 0.237. The number of amides is 2. The number of H-pyrrole nitrogens is 1. The minimum atomic E-state index is -0.473. The van der Waals surface area contributed by atoms with Crippen LogP contribution in [-0.4, -0.2) is 22.0 Å². The van der Waals surface area contributed by atoms with Crippen LogP contribution in [0.2, 0.25) is 0 Å². The molecule has 0 aliphatic heterocycles. The van der Waals surface area contributed by atoms with Gasteiger partial charge in [0.2, 0.25) is 0 Å². The van der Waals surface area contributed by atoms with Crippen LogP contribution in [-0.2, 0) is 0 Å². The van der Waals surface area contributed by atoms with Crippen LogP contribution in [0.3, 0.4) is 0 Å². The van der Waals surface area contributed by atoms with Gasteiger partial charge in [0.15, 0.2) is 5.69 Å². The van der Waals surface area contributed by atoms with Gasteiger partial charge in [-0.2, -0.15) is 5.10 Å². The van der Waals surface area contributed by atoms with Crippen molar-refractivity contribution in [3.05, 3.63) is 65.4 Å². The third kappa shape index (κ3) is 2.54. The molecule has 22 heavy (non-hydrogen) atoms. The van der Waals surface area contributed by atoms with E-state index in [4.69, 9.17) is 0 Å². The van der Waals surface area contributed by atoms with Crippen molar-refractivity contribution in [1.29, 1.82) is 0 Å². The molecule has 0 radical (unpaired) electrons. The van der Waals surface area contributed by atoms with E-state index in [9.17, 15) is 9.59 Å². The summed E-state index contributed by atoms with van der Waals surface area (Å²) in [6.07, 6.45) is 0. The number of aryl methyl sites for hydroxylation is 1. The summed E-state index contributed by atoms with van der Waals surface area (Å²) in [6.45, 7) is 1.83. The maximum atomic E-state index is 12.1. The molecule has 0 aliphatic rings. The molecule has 6 heteroatoms. The van der Waals surface area contributed by atoms with E-state index in [2.05, 4.69) is 21.0 Å². The summed E-state index contributed by atoms with van der Waals surface area (Å²) in [4.78, 5) is 24.2. The quantitative estimate of drug-likeness (QED) is 0.631. The van der Waals surface area contributed by atoms with Gasteiger partial charge in [-0.3, -0.25) is 25.5 Å².